The van der Waals surface area contributed by atoms with E-state index in [1.165, 1.54) is 5.56 Å². The summed E-state index contributed by atoms with van der Waals surface area (Å²) in [5, 5.41) is 1.06. The van der Waals surface area contributed by atoms with Crippen molar-refractivity contribution in [3.8, 4) is 0 Å². The molecule has 78 valence electrons. The standard InChI is InChI=1S/C12H16Cl2/c1-9(2)12(14)7-6-10-4-3-5-11(13)8-10/h3-5,8-9,12H,6-7H2,1-2H3. The van der Waals surface area contributed by atoms with E-state index in [9.17, 15) is 0 Å². The molecule has 14 heavy (non-hydrogen) atoms. The molecule has 0 spiro atoms. The predicted molar refractivity (Wildman–Crippen MR) is 64.3 cm³/mol. The van der Waals surface area contributed by atoms with Crippen LogP contribution in [0.5, 0.6) is 0 Å². The van der Waals surface area contributed by atoms with Gasteiger partial charge in [0.25, 0.3) is 0 Å². The quantitative estimate of drug-likeness (QED) is 0.667. The van der Waals surface area contributed by atoms with Gasteiger partial charge in [0.15, 0.2) is 0 Å². The molecule has 0 aliphatic rings. The summed E-state index contributed by atoms with van der Waals surface area (Å²) < 4.78 is 0. The molecule has 0 N–H and O–H groups in total. The first kappa shape index (κ1) is 11.9. The fourth-order valence-corrected chi connectivity index (χ4v) is 1.65. The molecule has 0 heterocycles. The zero-order valence-corrected chi connectivity index (χ0v) is 10.1. The lowest BCUT2D eigenvalue weighted by atomic mass is 10.0. The Morgan fingerprint density at radius 2 is 2.00 bits per heavy atom. The first-order valence-corrected chi connectivity index (χ1v) is 5.79. The van der Waals surface area contributed by atoms with E-state index in [1.54, 1.807) is 0 Å². The van der Waals surface area contributed by atoms with E-state index in [2.05, 4.69) is 19.9 Å². The molecule has 0 aliphatic carbocycles. The SMILES string of the molecule is CC(C)C(Cl)CCc1cccc(Cl)c1. The summed E-state index contributed by atoms with van der Waals surface area (Å²) in [6.45, 7) is 4.30. The number of aryl methyl sites for hydroxylation is 1. The minimum absolute atomic E-state index is 0.258. The van der Waals surface area contributed by atoms with E-state index < -0.39 is 0 Å². The highest BCUT2D eigenvalue weighted by Crippen LogP contribution is 2.18. The molecule has 0 saturated carbocycles. The zero-order valence-electron chi connectivity index (χ0n) is 8.63. The van der Waals surface area contributed by atoms with E-state index in [0.717, 1.165) is 17.9 Å². The highest BCUT2D eigenvalue weighted by atomic mass is 35.5. The molecule has 1 aromatic rings. The molecule has 0 bridgehead atoms. The Kier molecular flexibility index (Phi) is 4.77. The molecule has 1 unspecified atom stereocenters. The molecule has 0 saturated heterocycles. The van der Waals surface area contributed by atoms with E-state index in [0.29, 0.717) is 5.92 Å². The van der Waals surface area contributed by atoms with Crippen LogP contribution in [-0.4, -0.2) is 5.38 Å². The minimum Gasteiger partial charge on any atom is -0.123 e. The minimum atomic E-state index is 0.258. The first-order chi connectivity index (χ1) is 6.59. The van der Waals surface area contributed by atoms with E-state index in [-0.39, 0.29) is 5.38 Å². The summed E-state index contributed by atoms with van der Waals surface area (Å²) in [5.74, 6) is 0.538. The van der Waals surface area contributed by atoms with Gasteiger partial charge in [0, 0.05) is 10.4 Å². The lowest BCUT2D eigenvalue weighted by Crippen LogP contribution is -2.08. The number of alkyl halides is 1. The predicted octanol–water partition coefficient (Wildman–Crippen LogP) is 4.54. The van der Waals surface area contributed by atoms with Crippen LogP contribution in [0.25, 0.3) is 0 Å². The molecule has 1 rings (SSSR count). The largest absolute Gasteiger partial charge is 0.123 e. The van der Waals surface area contributed by atoms with Crippen LogP contribution in [-0.2, 0) is 6.42 Å². The maximum Gasteiger partial charge on any atom is 0.0408 e. The van der Waals surface area contributed by atoms with Crippen molar-refractivity contribution in [3.05, 3.63) is 34.9 Å². The van der Waals surface area contributed by atoms with Crippen molar-refractivity contribution >= 4 is 23.2 Å². The number of hydrogen-bond acceptors (Lipinski definition) is 0. The van der Waals surface area contributed by atoms with Crippen molar-refractivity contribution in [1.82, 2.24) is 0 Å². The van der Waals surface area contributed by atoms with Crippen molar-refractivity contribution < 1.29 is 0 Å². The Morgan fingerprint density at radius 3 is 2.57 bits per heavy atom. The Bertz CT molecular complexity index is 281. The second kappa shape index (κ2) is 5.63. The van der Waals surface area contributed by atoms with Crippen LogP contribution < -0.4 is 0 Å². The molecule has 0 aromatic heterocycles. The average molecular weight is 231 g/mol. The second-order valence-electron chi connectivity index (χ2n) is 3.93. The van der Waals surface area contributed by atoms with Gasteiger partial charge in [-0.15, -0.1) is 11.6 Å². The molecule has 0 radical (unpaired) electrons. The monoisotopic (exact) mass is 230 g/mol. The van der Waals surface area contributed by atoms with Gasteiger partial charge in [-0.25, -0.2) is 0 Å². The van der Waals surface area contributed by atoms with Gasteiger partial charge in [-0.3, -0.25) is 0 Å². The van der Waals surface area contributed by atoms with Crippen LogP contribution in [0.2, 0.25) is 5.02 Å². The third kappa shape index (κ3) is 3.89. The number of rotatable bonds is 4. The maximum atomic E-state index is 6.17. The smallest absolute Gasteiger partial charge is 0.0408 e. The van der Waals surface area contributed by atoms with E-state index >= 15 is 0 Å². The van der Waals surface area contributed by atoms with Crippen LogP contribution in [0, 0.1) is 5.92 Å². The third-order valence-corrected chi connectivity index (χ3v) is 3.28. The molecule has 0 nitrogen and oxygen atoms in total. The topological polar surface area (TPSA) is 0 Å². The number of hydrogen-bond donors (Lipinski definition) is 0. The second-order valence-corrected chi connectivity index (χ2v) is 4.93. The van der Waals surface area contributed by atoms with Crippen molar-refractivity contribution in [2.45, 2.75) is 32.1 Å². The van der Waals surface area contributed by atoms with Gasteiger partial charge in [0.2, 0.25) is 0 Å². The van der Waals surface area contributed by atoms with Crippen molar-refractivity contribution in [2.24, 2.45) is 5.92 Å². The van der Waals surface area contributed by atoms with Crippen LogP contribution in [0.4, 0.5) is 0 Å². The fraction of sp³-hybridized carbons (Fsp3) is 0.500. The first-order valence-electron chi connectivity index (χ1n) is 4.98. The maximum absolute atomic E-state index is 6.17. The van der Waals surface area contributed by atoms with Gasteiger partial charge in [0.1, 0.15) is 0 Å². The van der Waals surface area contributed by atoms with Crippen molar-refractivity contribution in [2.75, 3.05) is 0 Å². The van der Waals surface area contributed by atoms with E-state index in [4.69, 9.17) is 23.2 Å². The summed E-state index contributed by atoms with van der Waals surface area (Å²) in [5.41, 5.74) is 1.27. The van der Waals surface area contributed by atoms with Gasteiger partial charge < -0.3 is 0 Å². The summed E-state index contributed by atoms with van der Waals surface area (Å²) in [6, 6.07) is 7.98. The summed E-state index contributed by atoms with van der Waals surface area (Å²) >= 11 is 12.1. The molecule has 0 amide bonds. The van der Waals surface area contributed by atoms with Crippen LogP contribution in [0.15, 0.2) is 24.3 Å². The van der Waals surface area contributed by atoms with Crippen LogP contribution in [0.3, 0.4) is 0 Å². The Labute approximate surface area is 96.2 Å². The molecule has 1 aromatic carbocycles. The average Bonchev–Trinajstić information content (AvgIpc) is 2.14. The van der Waals surface area contributed by atoms with Crippen LogP contribution >= 0.6 is 23.2 Å². The van der Waals surface area contributed by atoms with Crippen molar-refractivity contribution in [1.29, 1.82) is 0 Å². The summed E-state index contributed by atoms with van der Waals surface area (Å²) in [4.78, 5) is 0. The van der Waals surface area contributed by atoms with Gasteiger partial charge in [-0.05, 0) is 36.5 Å². The van der Waals surface area contributed by atoms with Crippen LogP contribution in [0.1, 0.15) is 25.8 Å². The highest BCUT2D eigenvalue weighted by Gasteiger charge is 2.09. The molecular weight excluding hydrogens is 215 g/mol. The molecule has 0 aliphatic heterocycles. The van der Waals surface area contributed by atoms with E-state index in [1.807, 2.05) is 18.2 Å². The normalized spacial score (nSPS) is 13.2. The number of benzene rings is 1. The van der Waals surface area contributed by atoms with Gasteiger partial charge in [-0.2, -0.15) is 0 Å². The van der Waals surface area contributed by atoms with Gasteiger partial charge >= 0.3 is 0 Å². The Hall–Kier alpha value is -0.200. The molecule has 0 fully saturated rings. The van der Waals surface area contributed by atoms with Gasteiger partial charge in [0.05, 0.1) is 0 Å². The highest BCUT2D eigenvalue weighted by molar-refractivity contribution is 6.30. The molecular formula is C12H16Cl2. The Morgan fingerprint density at radius 1 is 1.29 bits per heavy atom. The summed E-state index contributed by atoms with van der Waals surface area (Å²) in [6.07, 6.45) is 2.02. The zero-order chi connectivity index (χ0) is 10.6. The Balaban J connectivity index is 2.45. The number of halogens is 2. The van der Waals surface area contributed by atoms with Gasteiger partial charge in [-0.1, -0.05) is 37.6 Å². The van der Waals surface area contributed by atoms with Crippen molar-refractivity contribution in [3.63, 3.8) is 0 Å². The molecule has 2 heteroatoms. The molecule has 1 atom stereocenters. The summed E-state index contributed by atoms with van der Waals surface area (Å²) in [7, 11) is 0. The lowest BCUT2D eigenvalue weighted by molar-refractivity contribution is 0.565. The lowest BCUT2D eigenvalue weighted by Gasteiger charge is -2.12. The third-order valence-electron chi connectivity index (χ3n) is 2.32. The fourth-order valence-electron chi connectivity index (χ4n) is 1.33.